The maximum absolute atomic E-state index is 13.2. The normalized spacial score (nSPS) is 17.4. The Morgan fingerprint density at radius 3 is 2.78 bits per heavy atom. The van der Waals surface area contributed by atoms with E-state index in [9.17, 15) is 4.79 Å². The van der Waals surface area contributed by atoms with E-state index in [1.807, 2.05) is 31.2 Å². The second-order valence-corrected chi connectivity index (χ2v) is 7.83. The molecule has 4 rings (SSSR count). The van der Waals surface area contributed by atoms with Crippen LogP contribution in [0, 0.1) is 11.7 Å². The zero-order chi connectivity index (χ0) is 16.1. The molecule has 118 valence electrons. The fourth-order valence-electron chi connectivity index (χ4n) is 3.50. The van der Waals surface area contributed by atoms with Gasteiger partial charge >= 0.3 is 0 Å². The first kappa shape index (κ1) is 14.8. The Bertz CT molecular complexity index is 1010. The molecule has 5 heteroatoms. The van der Waals surface area contributed by atoms with E-state index in [-0.39, 0.29) is 5.56 Å². The summed E-state index contributed by atoms with van der Waals surface area (Å²) in [5.74, 6) is 0.441. The highest BCUT2D eigenvalue weighted by atomic mass is 32.1. The van der Waals surface area contributed by atoms with Crippen molar-refractivity contribution < 1.29 is 0 Å². The standard InChI is InChI=1S/C18H18N2OS2/c1-10-6-8-12(9-7-10)20-17(21)15-14-11(2)4-3-5-13(14)23-16(15)19-18(20)22/h6-9,11H,3-5H2,1-2H3,(H,19,22)/t11-/m1/s1. The first-order valence-electron chi connectivity index (χ1n) is 7.94. The summed E-state index contributed by atoms with van der Waals surface area (Å²) in [6.45, 7) is 4.26. The van der Waals surface area contributed by atoms with Crippen molar-refractivity contribution in [2.45, 2.75) is 39.0 Å². The predicted octanol–water partition coefficient (Wildman–Crippen LogP) is 4.86. The van der Waals surface area contributed by atoms with Crippen LogP contribution < -0.4 is 5.56 Å². The number of rotatable bonds is 1. The maximum Gasteiger partial charge on any atom is 0.267 e. The summed E-state index contributed by atoms with van der Waals surface area (Å²) in [4.78, 5) is 18.8. The van der Waals surface area contributed by atoms with Crippen LogP contribution in [0.1, 0.15) is 41.7 Å². The van der Waals surface area contributed by atoms with Gasteiger partial charge in [0.1, 0.15) is 4.83 Å². The highest BCUT2D eigenvalue weighted by Gasteiger charge is 2.25. The molecule has 0 unspecified atom stereocenters. The van der Waals surface area contributed by atoms with E-state index in [0.29, 0.717) is 10.7 Å². The first-order valence-corrected chi connectivity index (χ1v) is 9.16. The second-order valence-electron chi connectivity index (χ2n) is 6.34. The number of fused-ring (bicyclic) bond motifs is 3. The van der Waals surface area contributed by atoms with E-state index in [4.69, 9.17) is 12.2 Å². The number of nitrogens with zero attached hydrogens (tertiary/aromatic N) is 1. The van der Waals surface area contributed by atoms with Crippen LogP contribution in [0.2, 0.25) is 0 Å². The molecule has 0 amide bonds. The summed E-state index contributed by atoms with van der Waals surface area (Å²) >= 11 is 7.17. The van der Waals surface area contributed by atoms with E-state index in [0.717, 1.165) is 28.7 Å². The summed E-state index contributed by atoms with van der Waals surface area (Å²) < 4.78 is 2.10. The Balaban J connectivity index is 2.07. The molecule has 2 heterocycles. The lowest BCUT2D eigenvalue weighted by atomic mass is 9.88. The summed E-state index contributed by atoms with van der Waals surface area (Å²) in [5.41, 5.74) is 3.25. The van der Waals surface area contributed by atoms with Gasteiger partial charge in [-0.3, -0.25) is 9.36 Å². The van der Waals surface area contributed by atoms with Crippen LogP contribution in [-0.4, -0.2) is 9.55 Å². The lowest BCUT2D eigenvalue weighted by Crippen LogP contribution is -2.21. The zero-order valence-corrected chi connectivity index (χ0v) is 14.8. The van der Waals surface area contributed by atoms with Crippen LogP contribution in [0.25, 0.3) is 15.9 Å². The molecule has 0 fully saturated rings. The van der Waals surface area contributed by atoms with Crippen molar-refractivity contribution in [3.05, 3.63) is 55.4 Å². The largest absolute Gasteiger partial charge is 0.323 e. The fraction of sp³-hybridized carbons (Fsp3) is 0.333. The zero-order valence-electron chi connectivity index (χ0n) is 13.2. The van der Waals surface area contributed by atoms with Gasteiger partial charge in [0.25, 0.3) is 5.56 Å². The van der Waals surface area contributed by atoms with Crippen molar-refractivity contribution >= 4 is 33.8 Å². The SMILES string of the molecule is Cc1ccc(-n2c(=S)[nH]c3sc4c(c3c2=O)[C@H](C)CCC4)cc1. The fourth-order valence-corrected chi connectivity index (χ4v) is 5.20. The highest BCUT2D eigenvalue weighted by Crippen LogP contribution is 2.40. The molecule has 0 aliphatic heterocycles. The van der Waals surface area contributed by atoms with Crippen molar-refractivity contribution in [2.24, 2.45) is 0 Å². The van der Waals surface area contributed by atoms with Gasteiger partial charge in [-0.1, -0.05) is 24.6 Å². The summed E-state index contributed by atoms with van der Waals surface area (Å²) in [6.07, 6.45) is 3.43. The molecule has 3 aromatic rings. The molecule has 1 atom stereocenters. The number of hydrogen-bond acceptors (Lipinski definition) is 3. The van der Waals surface area contributed by atoms with Crippen LogP contribution in [0.4, 0.5) is 0 Å². The average molecular weight is 342 g/mol. The van der Waals surface area contributed by atoms with Crippen LogP contribution in [0.5, 0.6) is 0 Å². The number of thiophene rings is 1. The van der Waals surface area contributed by atoms with Gasteiger partial charge in [0.2, 0.25) is 0 Å². The molecule has 1 aliphatic rings. The lowest BCUT2D eigenvalue weighted by molar-refractivity contribution is 0.601. The van der Waals surface area contributed by atoms with Crippen LogP contribution in [-0.2, 0) is 6.42 Å². The molecule has 1 aliphatic carbocycles. The third-order valence-electron chi connectivity index (χ3n) is 4.69. The Labute approximate surface area is 143 Å². The van der Waals surface area contributed by atoms with Crippen LogP contribution >= 0.6 is 23.6 Å². The Morgan fingerprint density at radius 1 is 1.30 bits per heavy atom. The van der Waals surface area contributed by atoms with E-state index < -0.39 is 0 Å². The van der Waals surface area contributed by atoms with E-state index >= 15 is 0 Å². The van der Waals surface area contributed by atoms with Gasteiger partial charge < -0.3 is 4.98 Å². The molecule has 1 N–H and O–H groups in total. The minimum Gasteiger partial charge on any atom is -0.323 e. The monoisotopic (exact) mass is 342 g/mol. The summed E-state index contributed by atoms with van der Waals surface area (Å²) in [7, 11) is 0. The number of aromatic amines is 1. The topological polar surface area (TPSA) is 37.8 Å². The Hall–Kier alpha value is -1.72. The van der Waals surface area contributed by atoms with Crippen molar-refractivity contribution in [1.82, 2.24) is 9.55 Å². The molecular formula is C18H18N2OS2. The van der Waals surface area contributed by atoms with Crippen molar-refractivity contribution in [3.63, 3.8) is 0 Å². The first-order chi connectivity index (χ1) is 11.1. The van der Waals surface area contributed by atoms with Crippen LogP contribution in [0.15, 0.2) is 29.1 Å². The number of aryl methyl sites for hydroxylation is 2. The van der Waals surface area contributed by atoms with Gasteiger partial charge in [-0.25, -0.2) is 0 Å². The quantitative estimate of drug-likeness (QED) is 0.641. The molecule has 0 radical (unpaired) electrons. The Morgan fingerprint density at radius 2 is 2.04 bits per heavy atom. The smallest absolute Gasteiger partial charge is 0.267 e. The number of aromatic nitrogens is 2. The van der Waals surface area contributed by atoms with E-state index in [1.54, 1.807) is 15.9 Å². The number of H-pyrrole nitrogens is 1. The molecule has 23 heavy (non-hydrogen) atoms. The summed E-state index contributed by atoms with van der Waals surface area (Å²) in [5, 5.41) is 0.839. The molecule has 0 bridgehead atoms. The molecule has 1 aromatic carbocycles. The average Bonchev–Trinajstić information content (AvgIpc) is 2.89. The van der Waals surface area contributed by atoms with Crippen LogP contribution in [0.3, 0.4) is 0 Å². The lowest BCUT2D eigenvalue weighted by Gasteiger charge is -2.18. The van der Waals surface area contributed by atoms with Crippen molar-refractivity contribution in [2.75, 3.05) is 0 Å². The minimum atomic E-state index is 0.0128. The van der Waals surface area contributed by atoms with Crippen molar-refractivity contribution in [1.29, 1.82) is 0 Å². The molecular weight excluding hydrogens is 324 g/mol. The van der Waals surface area contributed by atoms with Gasteiger partial charge in [-0.05, 0) is 62.0 Å². The van der Waals surface area contributed by atoms with E-state index in [1.165, 1.54) is 22.4 Å². The number of benzene rings is 1. The molecule has 0 spiro atoms. The minimum absolute atomic E-state index is 0.0128. The van der Waals surface area contributed by atoms with Gasteiger partial charge in [-0.15, -0.1) is 11.3 Å². The van der Waals surface area contributed by atoms with Gasteiger partial charge in [-0.2, -0.15) is 0 Å². The predicted molar refractivity (Wildman–Crippen MR) is 98.7 cm³/mol. The highest BCUT2D eigenvalue weighted by molar-refractivity contribution is 7.71. The van der Waals surface area contributed by atoms with Gasteiger partial charge in [0.15, 0.2) is 4.77 Å². The van der Waals surface area contributed by atoms with Gasteiger partial charge in [0, 0.05) is 4.88 Å². The molecule has 0 saturated carbocycles. The van der Waals surface area contributed by atoms with Gasteiger partial charge in [0.05, 0.1) is 11.1 Å². The maximum atomic E-state index is 13.2. The summed E-state index contributed by atoms with van der Waals surface area (Å²) in [6, 6.07) is 7.92. The molecule has 3 nitrogen and oxygen atoms in total. The second kappa shape index (κ2) is 5.42. The molecule has 2 aromatic heterocycles. The third-order valence-corrected chi connectivity index (χ3v) is 6.15. The molecule has 0 saturated heterocycles. The van der Waals surface area contributed by atoms with E-state index in [2.05, 4.69) is 11.9 Å². The number of nitrogens with one attached hydrogen (secondary N) is 1. The third kappa shape index (κ3) is 2.30. The van der Waals surface area contributed by atoms with Crippen molar-refractivity contribution in [3.8, 4) is 5.69 Å². The number of hydrogen-bond donors (Lipinski definition) is 1. The Kier molecular flexibility index (Phi) is 3.50.